The number of carbonyl (C=O) groups is 2. The molecule has 6 rings (SSSR count). The number of aromatic nitrogens is 4. The van der Waals surface area contributed by atoms with Crippen LogP contribution in [-0.4, -0.2) is 62.8 Å². The van der Waals surface area contributed by atoms with Gasteiger partial charge in [0, 0.05) is 18.7 Å². The van der Waals surface area contributed by atoms with Crippen LogP contribution < -0.4 is 10.6 Å². The molecule has 3 saturated carbocycles. The number of aryl methyl sites for hydroxylation is 1. The van der Waals surface area contributed by atoms with E-state index in [1.165, 1.54) is 13.1 Å². The number of anilines is 1. The zero-order chi connectivity index (χ0) is 25.0. The summed E-state index contributed by atoms with van der Waals surface area (Å²) < 4.78 is 67.0. The fraction of sp³-hybridized carbons (Fsp3) is 0.600. The maximum atomic E-state index is 14.9. The highest BCUT2D eigenvalue weighted by Crippen LogP contribution is 2.57. The van der Waals surface area contributed by atoms with E-state index in [0.717, 1.165) is 30.0 Å². The Bertz CT molecular complexity index is 1120. The lowest BCUT2D eigenvalue weighted by atomic mass is 9.50. The predicted molar refractivity (Wildman–Crippen MR) is 108 cm³/mol. The highest BCUT2D eigenvalue weighted by Gasteiger charge is 2.58. The molecule has 0 spiro atoms. The summed E-state index contributed by atoms with van der Waals surface area (Å²) in [4.78, 5) is 24.6. The maximum Gasteiger partial charge on any atom is 0.522 e. The second-order valence-corrected chi connectivity index (χ2v) is 9.07. The van der Waals surface area contributed by atoms with E-state index < -0.39 is 43.3 Å². The molecule has 2 amide bonds. The number of carbonyl (C=O) groups excluding carboxylic acids is 2. The van der Waals surface area contributed by atoms with Crippen molar-refractivity contribution in [3.05, 3.63) is 29.2 Å². The Balaban J connectivity index is 1.15. The Hall–Kier alpha value is -3.20. The van der Waals surface area contributed by atoms with Gasteiger partial charge in [0.05, 0.1) is 18.0 Å². The van der Waals surface area contributed by atoms with Gasteiger partial charge in [-0.05, 0) is 31.2 Å². The van der Waals surface area contributed by atoms with Crippen LogP contribution in [0.5, 0.6) is 0 Å². The minimum Gasteiger partial charge on any atom is -0.441 e. The van der Waals surface area contributed by atoms with Crippen LogP contribution in [0.2, 0.25) is 0 Å². The number of nitrogens with zero attached hydrogens (tertiary/aromatic N) is 3. The van der Waals surface area contributed by atoms with Gasteiger partial charge in [-0.1, -0.05) is 0 Å². The SMILES string of the molecule is Cn1nc(COC(F)(F)F)cc1C(=O)Nc1cc([C@@H]2OC[C@H](OC(=O)NC34CC(C3)C4)[C@H]2F)[nH]n1. The van der Waals surface area contributed by atoms with E-state index in [1.807, 2.05) is 0 Å². The van der Waals surface area contributed by atoms with Crippen molar-refractivity contribution < 1.29 is 41.4 Å². The molecule has 3 atom stereocenters. The van der Waals surface area contributed by atoms with Crippen LogP contribution in [0.15, 0.2) is 12.1 Å². The third-order valence-electron chi connectivity index (χ3n) is 6.44. The minimum atomic E-state index is -4.83. The number of hydrogen-bond donors (Lipinski definition) is 3. The van der Waals surface area contributed by atoms with Gasteiger partial charge in [0.2, 0.25) is 0 Å². The highest BCUT2D eigenvalue weighted by molar-refractivity contribution is 6.02. The lowest BCUT2D eigenvalue weighted by Crippen LogP contribution is -2.68. The first kappa shape index (κ1) is 23.5. The second kappa shape index (κ2) is 8.48. The fourth-order valence-corrected chi connectivity index (χ4v) is 4.64. The third-order valence-corrected chi connectivity index (χ3v) is 6.44. The molecule has 0 radical (unpaired) electrons. The Morgan fingerprint density at radius 1 is 1.31 bits per heavy atom. The van der Waals surface area contributed by atoms with Crippen LogP contribution in [0.3, 0.4) is 0 Å². The number of nitrogens with one attached hydrogen (secondary N) is 3. The molecular weight excluding hydrogens is 480 g/mol. The highest BCUT2D eigenvalue weighted by atomic mass is 19.4. The summed E-state index contributed by atoms with van der Waals surface area (Å²) in [7, 11) is 1.38. The fourth-order valence-electron chi connectivity index (χ4n) is 4.64. The summed E-state index contributed by atoms with van der Waals surface area (Å²) in [6.45, 7) is -0.996. The number of H-pyrrole nitrogens is 1. The molecule has 1 aliphatic heterocycles. The quantitative estimate of drug-likeness (QED) is 0.496. The molecule has 3 aliphatic carbocycles. The molecule has 0 aromatic carbocycles. The summed E-state index contributed by atoms with van der Waals surface area (Å²) in [6, 6.07) is 2.50. The molecule has 4 fully saturated rings. The van der Waals surface area contributed by atoms with E-state index in [9.17, 15) is 27.2 Å². The molecule has 15 heteroatoms. The molecule has 190 valence electrons. The number of hydrogen-bond acceptors (Lipinski definition) is 7. The van der Waals surface area contributed by atoms with Crippen molar-refractivity contribution in [3.8, 4) is 0 Å². The van der Waals surface area contributed by atoms with Crippen molar-refractivity contribution in [1.82, 2.24) is 25.3 Å². The molecule has 2 aromatic heterocycles. The van der Waals surface area contributed by atoms with Crippen molar-refractivity contribution in [2.45, 2.75) is 56.2 Å². The number of aromatic amines is 1. The van der Waals surface area contributed by atoms with Gasteiger partial charge in [-0.3, -0.25) is 19.3 Å². The van der Waals surface area contributed by atoms with E-state index in [4.69, 9.17) is 9.47 Å². The van der Waals surface area contributed by atoms with Gasteiger partial charge in [0.15, 0.2) is 18.1 Å². The van der Waals surface area contributed by atoms with Crippen LogP contribution in [0.4, 0.5) is 28.2 Å². The van der Waals surface area contributed by atoms with Crippen molar-refractivity contribution in [3.63, 3.8) is 0 Å². The largest absolute Gasteiger partial charge is 0.522 e. The first-order chi connectivity index (χ1) is 16.5. The zero-order valence-electron chi connectivity index (χ0n) is 18.4. The molecule has 0 unspecified atom stereocenters. The Morgan fingerprint density at radius 3 is 2.71 bits per heavy atom. The monoisotopic (exact) mass is 502 g/mol. The standard InChI is InChI=1S/C20H22F4N6O5/c1-30-12(2-10(29-30)7-34-20(22,23)24)17(31)25-14-3-11(27-28-14)16-15(21)13(8-33-16)35-18(32)26-19-4-9(5-19)6-19/h2-3,9,13,15-16H,4-8H2,1H3,(H,26,32)(H2,25,27,28,31)/t9?,13-,15+,16-,19?/m0/s1. The van der Waals surface area contributed by atoms with Gasteiger partial charge < -0.3 is 20.1 Å². The molecular formula is C20H22F4N6O5. The van der Waals surface area contributed by atoms with Crippen molar-refractivity contribution in [2.75, 3.05) is 11.9 Å². The number of alkyl carbamates (subject to hydrolysis) is 1. The molecule has 2 aromatic rings. The molecule has 2 bridgehead atoms. The number of rotatable bonds is 7. The number of alkyl halides is 4. The predicted octanol–water partition coefficient (Wildman–Crippen LogP) is 2.49. The Kier molecular flexibility index (Phi) is 5.70. The van der Waals surface area contributed by atoms with Gasteiger partial charge in [0.25, 0.3) is 5.91 Å². The zero-order valence-corrected chi connectivity index (χ0v) is 18.4. The first-order valence-corrected chi connectivity index (χ1v) is 10.8. The van der Waals surface area contributed by atoms with Crippen molar-refractivity contribution >= 4 is 17.8 Å². The van der Waals surface area contributed by atoms with E-state index in [1.54, 1.807) is 0 Å². The Labute approximate surface area is 195 Å². The Morgan fingerprint density at radius 2 is 2.06 bits per heavy atom. The molecule has 35 heavy (non-hydrogen) atoms. The van der Waals surface area contributed by atoms with Gasteiger partial charge in [-0.2, -0.15) is 10.2 Å². The lowest BCUT2D eigenvalue weighted by molar-refractivity contribution is -0.330. The average molecular weight is 502 g/mol. The van der Waals surface area contributed by atoms with E-state index >= 15 is 0 Å². The smallest absolute Gasteiger partial charge is 0.441 e. The summed E-state index contributed by atoms with van der Waals surface area (Å²) in [5, 5.41) is 15.5. The molecule has 11 nitrogen and oxygen atoms in total. The van der Waals surface area contributed by atoms with E-state index in [0.29, 0.717) is 5.92 Å². The average Bonchev–Trinajstić information content (AvgIpc) is 3.41. The maximum absolute atomic E-state index is 14.9. The summed E-state index contributed by atoms with van der Waals surface area (Å²) in [5.41, 5.74) is -0.119. The normalized spacial score (nSPS) is 29.3. The summed E-state index contributed by atoms with van der Waals surface area (Å²) in [6.07, 6.45) is -6.57. The van der Waals surface area contributed by atoms with Gasteiger partial charge in [-0.25, -0.2) is 9.18 Å². The molecule has 1 saturated heterocycles. The molecule has 4 aliphatic rings. The summed E-state index contributed by atoms with van der Waals surface area (Å²) in [5.74, 6) is -0.00502. The van der Waals surface area contributed by atoms with Gasteiger partial charge >= 0.3 is 12.5 Å². The van der Waals surface area contributed by atoms with Crippen LogP contribution in [0.25, 0.3) is 0 Å². The van der Waals surface area contributed by atoms with Gasteiger partial charge in [0.1, 0.15) is 18.4 Å². The second-order valence-electron chi connectivity index (χ2n) is 9.07. The van der Waals surface area contributed by atoms with Crippen molar-refractivity contribution in [2.24, 2.45) is 13.0 Å². The summed E-state index contributed by atoms with van der Waals surface area (Å²) >= 11 is 0. The first-order valence-electron chi connectivity index (χ1n) is 10.8. The van der Waals surface area contributed by atoms with Crippen LogP contribution in [0, 0.1) is 5.92 Å². The van der Waals surface area contributed by atoms with Crippen LogP contribution in [-0.2, 0) is 27.9 Å². The molecule has 3 heterocycles. The number of amides is 2. The topological polar surface area (TPSA) is 132 Å². The lowest BCUT2D eigenvalue weighted by Gasteiger charge is -2.61. The number of ether oxygens (including phenoxy) is 3. The van der Waals surface area contributed by atoms with E-state index in [2.05, 4.69) is 30.7 Å². The van der Waals surface area contributed by atoms with Gasteiger partial charge in [-0.15, -0.1) is 13.2 Å². The number of halogens is 4. The van der Waals surface area contributed by atoms with Crippen LogP contribution >= 0.6 is 0 Å². The van der Waals surface area contributed by atoms with E-state index in [-0.39, 0.29) is 35.0 Å². The van der Waals surface area contributed by atoms with Crippen molar-refractivity contribution in [1.29, 1.82) is 0 Å². The third kappa shape index (κ3) is 4.82. The molecule has 3 N–H and O–H groups in total. The minimum absolute atomic E-state index is 0.0285. The van der Waals surface area contributed by atoms with Crippen LogP contribution in [0.1, 0.15) is 47.2 Å².